The third-order valence-electron chi connectivity index (χ3n) is 5.16. The lowest BCUT2D eigenvalue weighted by Crippen LogP contribution is -2.55. The molecule has 0 amide bonds. The Labute approximate surface area is 127 Å². The first kappa shape index (κ1) is 13.4. The molecule has 0 unspecified atom stereocenters. The van der Waals surface area contributed by atoms with Crippen molar-refractivity contribution in [2.24, 2.45) is 0 Å². The Balaban J connectivity index is 1.48. The van der Waals surface area contributed by atoms with Crippen molar-refractivity contribution in [3.05, 3.63) is 35.4 Å². The molecule has 0 bridgehead atoms. The maximum absolute atomic E-state index is 5.89. The number of rotatable bonds is 2. The molecule has 2 saturated heterocycles. The van der Waals surface area contributed by atoms with Gasteiger partial charge in [-0.15, -0.1) is 0 Å². The molecular weight excluding hydrogens is 260 g/mol. The van der Waals surface area contributed by atoms with E-state index in [1.54, 1.807) is 0 Å². The summed E-state index contributed by atoms with van der Waals surface area (Å²) >= 11 is 0. The van der Waals surface area contributed by atoms with Gasteiger partial charge in [0.15, 0.2) is 0 Å². The Bertz CT molecular complexity index is 554. The molecular formula is C18H24N2O. The average Bonchev–Trinajstić information content (AvgIpc) is 2.94. The molecule has 2 fully saturated rings. The molecule has 0 radical (unpaired) electrons. The number of hydrogen-bond acceptors (Lipinski definition) is 3. The first-order valence-electron chi connectivity index (χ1n) is 8.19. The fourth-order valence-electron chi connectivity index (χ4n) is 3.98. The van der Waals surface area contributed by atoms with Gasteiger partial charge < -0.3 is 4.74 Å². The molecule has 3 nitrogen and oxygen atoms in total. The maximum atomic E-state index is 5.89. The Morgan fingerprint density at radius 1 is 1.24 bits per heavy atom. The van der Waals surface area contributed by atoms with Crippen LogP contribution in [0.3, 0.4) is 0 Å². The minimum absolute atomic E-state index is 0.650. The Morgan fingerprint density at radius 2 is 2.14 bits per heavy atom. The van der Waals surface area contributed by atoms with Crippen LogP contribution in [0.4, 0.5) is 0 Å². The zero-order valence-corrected chi connectivity index (χ0v) is 12.8. The van der Waals surface area contributed by atoms with E-state index >= 15 is 0 Å². The molecule has 2 atom stereocenters. The lowest BCUT2D eigenvalue weighted by molar-refractivity contribution is 0.0650. The van der Waals surface area contributed by atoms with Gasteiger partial charge in [0.25, 0.3) is 0 Å². The lowest BCUT2D eigenvalue weighted by atomic mass is 10.0. The highest BCUT2D eigenvalue weighted by Crippen LogP contribution is 2.28. The predicted molar refractivity (Wildman–Crippen MR) is 85.5 cm³/mol. The molecule has 0 aromatic heterocycles. The molecule has 3 heteroatoms. The van der Waals surface area contributed by atoms with E-state index in [2.05, 4.69) is 41.0 Å². The van der Waals surface area contributed by atoms with Crippen molar-refractivity contribution >= 4 is 6.08 Å². The fraction of sp³-hybridized carbons (Fsp3) is 0.556. The van der Waals surface area contributed by atoms with E-state index in [0.717, 1.165) is 24.9 Å². The zero-order chi connectivity index (χ0) is 14.2. The van der Waals surface area contributed by atoms with E-state index in [9.17, 15) is 0 Å². The number of para-hydroxylation sites is 1. The van der Waals surface area contributed by atoms with Crippen LogP contribution in [0, 0.1) is 0 Å². The van der Waals surface area contributed by atoms with Gasteiger partial charge >= 0.3 is 0 Å². The highest BCUT2D eigenvalue weighted by molar-refractivity contribution is 5.62. The molecule has 4 rings (SSSR count). The van der Waals surface area contributed by atoms with Crippen molar-refractivity contribution in [2.45, 2.75) is 31.8 Å². The summed E-state index contributed by atoms with van der Waals surface area (Å²) < 4.78 is 5.89. The Kier molecular flexibility index (Phi) is 3.48. The van der Waals surface area contributed by atoms with Gasteiger partial charge in [0.1, 0.15) is 12.4 Å². The second-order valence-electron chi connectivity index (χ2n) is 6.70. The summed E-state index contributed by atoms with van der Waals surface area (Å²) in [5, 5.41) is 0. The standard InChI is InChI=1S/C18H24N2O/c1-14-10-19-8-4-6-17(19)12-20(14)11-15-9-16-5-2-3-7-18(16)21-13-15/h2-3,5,7,9,14,17H,4,6,8,10-13H2,1H3/t14-,17-/m1/s1. The molecule has 0 spiro atoms. The summed E-state index contributed by atoms with van der Waals surface area (Å²) in [6, 6.07) is 9.77. The number of ether oxygens (including phenoxy) is 1. The summed E-state index contributed by atoms with van der Waals surface area (Å²) in [4.78, 5) is 5.33. The van der Waals surface area contributed by atoms with Crippen LogP contribution in [-0.4, -0.2) is 54.7 Å². The van der Waals surface area contributed by atoms with Crippen LogP contribution in [0.2, 0.25) is 0 Å². The summed E-state index contributed by atoms with van der Waals surface area (Å²) in [5.41, 5.74) is 2.64. The van der Waals surface area contributed by atoms with Gasteiger partial charge in [-0.2, -0.15) is 0 Å². The van der Waals surface area contributed by atoms with Gasteiger partial charge in [-0.1, -0.05) is 18.2 Å². The van der Waals surface area contributed by atoms with Gasteiger partial charge in [0.05, 0.1) is 0 Å². The Morgan fingerprint density at radius 3 is 3.10 bits per heavy atom. The smallest absolute Gasteiger partial charge is 0.127 e. The van der Waals surface area contributed by atoms with Crippen LogP contribution < -0.4 is 4.74 Å². The molecule has 3 aliphatic heterocycles. The normalized spacial score (nSPS) is 29.5. The minimum atomic E-state index is 0.650. The molecule has 1 aromatic carbocycles. The molecule has 112 valence electrons. The average molecular weight is 284 g/mol. The van der Waals surface area contributed by atoms with E-state index in [0.29, 0.717) is 6.04 Å². The quantitative estimate of drug-likeness (QED) is 0.830. The van der Waals surface area contributed by atoms with E-state index < -0.39 is 0 Å². The lowest BCUT2D eigenvalue weighted by Gasteiger charge is -2.42. The van der Waals surface area contributed by atoms with Crippen molar-refractivity contribution in [2.75, 3.05) is 32.8 Å². The molecule has 0 saturated carbocycles. The fourth-order valence-corrected chi connectivity index (χ4v) is 3.98. The summed E-state index contributed by atoms with van der Waals surface area (Å²) in [5.74, 6) is 1.02. The van der Waals surface area contributed by atoms with Crippen molar-refractivity contribution in [3.8, 4) is 5.75 Å². The second kappa shape index (κ2) is 5.47. The van der Waals surface area contributed by atoms with Gasteiger partial charge in [0.2, 0.25) is 0 Å². The highest BCUT2D eigenvalue weighted by atomic mass is 16.5. The number of hydrogen-bond donors (Lipinski definition) is 0. The monoisotopic (exact) mass is 284 g/mol. The maximum Gasteiger partial charge on any atom is 0.127 e. The van der Waals surface area contributed by atoms with Crippen molar-refractivity contribution in [1.82, 2.24) is 9.80 Å². The van der Waals surface area contributed by atoms with Crippen LogP contribution >= 0.6 is 0 Å². The van der Waals surface area contributed by atoms with E-state index in [4.69, 9.17) is 4.74 Å². The molecule has 0 N–H and O–H groups in total. The number of fused-ring (bicyclic) bond motifs is 2. The second-order valence-corrected chi connectivity index (χ2v) is 6.70. The van der Waals surface area contributed by atoms with Crippen LogP contribution in [-0.2, 0) is 0 Å². The number of piperazine rings is 1. The number of nitrogens with zero attached hydrogens (tertiary/aromatic N) is 2. The van der Waals surface area contributed by atoms with Gasteiger partial charge in [-0.3, -0.25) is 9.80 Å². The van der Waals surface area contributed by atoms with Crippen LogP contribution in [0.5, 0.6) is 5.75 Å². The molecule has 3 heterocycles. The first-order chi connectivity index (χ1) is 10.3. The van der Waals surface area contributed by atoms with E-state index in [1.165, 1.54) is 43.6 Å². The minimum Gasteiger partial charge on any atom is -0.489 e. The summed E-state index contributed by atoms with van der Waals surface area (Å²) in [6.07, 6.45) is 5.08. The van der Waals surface area contributed by atoms with E-state index in [1.807, 2.05) is 6.07 Å². The molecule has 0 aliphatic carbocycles. The van der Waals surface area contributed by atoms with Gasteiger partial charge in [-0.25, -0.2) is 0 Å². The highest BCUT2D eigenvalue weighted by Gasteiger charge is 2.34. The van der Waals surface area contributed by atoms with Gasteiger partial charge in [0, 0.05) is 37.3 Å². The molecule has 21 heavy (non-hydrogen) atoms. The van der Waals surface area contributed by atoms with Crippen molar-refractivity contribution in [1.29, 1.82) is 0 Å². The largest absolute Gasteiger partial charge is 0.489 e. The first-order valence-corrected chi connectivity index (χ1v) is 8.19. The summed E-state index contributed by atoms with van der Waals surface area (Å²) in [6.45, 7) is 7.93. The third kappa shape index (κ3) is 2.60. The topological polar surface area (TPSA) is 15.7 Å². The molecule has 3 aliphatic rings. The van der Waals surface area contributed by atoms with Crippen LogP contribution in [0.15, 0.2) is 29.8 Å². The van der Waals surface area contributed by atoms with Crippen LogP contribution in [0.25, 0.3) is 6.08 Å². The summed E-state index contributed by atoms with van der Waals surface area (Å²) in [7, 11) is 0. The SMILES string of the molecule is C[C@@H]1CN2CCC[C@@H]2CN1CC1=Cc2ccccc2OC1. The van der Waals surface area contributed by atoms with Crippen LogP contribution in [0.1, 0.15) is 25.3 Å². The van der Waals surface area contributed by atoms with Crippen molar-refractivity contribution < 1.29 is 4.74 Å². The molecule has 1 aromatic rings. The van der Waals surface area contributed by atoms with Gasteiger partial charge in [-0.05, 0) is 44.0 Å². The van der Waals surface area contributed by atoms with Crippen molar-refractivity contribution in [3.63, 3.8) is 0 Å². The zero-order valence-electron chi connectivity index (χ0n) is 12.8. The predicted octanol–water partition coefficient (Wildman–Crippen LogP) is 2.63. The van der Waals surface area contributed by atoms with E-state index in [-0.39, 0.29) is 0 Å². The number of benzene rings is 1. The Hall–Kier alpha value is -1.32. The third-order valence-corrected chi connectivity index (χ3v) is 5.16.